The highest BCUT2D eigenvalue weighted by Crippen LogP contribution is 2.20. The molecule has 112 valence electrons. The van der Waals surface area contributed by atoms with E-state index in [0.717, 1.165) is 32.2 Å². The van der Waals surface area contributed by atoms with Gasteiger partial charge in [0.05, 0.1) is 12.7 Å². The van der Waals surface area contributed by atoms with Crippen molar-refractivity contribution in [3.05, 3.63) is 12.4 Å². The van der Waals surface area contributed by atoms with Gasteiger partial charge >= 0.3 is 0 Å². The Labute approximate surface area is 120 Å². The molecule has 0 amide bonds. The molecule has 0 bridgehead atoms. The highest BCUT2D eigenvalue weighted by atomic mass is 32.2. The standard InChI is InChI=1S/C13H22N4O2S/c18-20(19,16-12-3-1-2-4-12)13-9-15-17(10-13)8-7-14-11-5-6-11/h9-12,14,16H,1-8H2. The molecule has 2 N–H and O–H groups in total. The maximum atomic E-state index is 12.2. The van der Waals surface area contributed by atoms with Crippen LogP contribution in [0.1, 0.15) is 38.5 Å². The molecule has 1 aromatic rings. The minimum atomic E-state index is -3.41. The summed E-state index contributed by atoms with van der Waals surface area (Å²) in [4.78, 5) is 0.274. The SMILES string of the molecule is O=S(=O)(NC1CCCC1)c1cnn(CCNC2CC2)c1. The van der Waals surface area contributed by atoms with Crippen LogP contribution < -0.4 is 10.0 Å². The van der Waals surface area contributed by atoms with E-state index in [1.165, 1.54) is 19.0 Å². The van der Waals surface area contributed by atoms with Crippen LogP contribution in [0.4, 0.5) is 0 Å². The van der Waals surface area contributed by atoms with E-state index in [2.05, 4.69) is 15.1 Å². The summed E-state index contributed by atoms with van der Waals surface area (Å²) >= 11 is 0. The number of hydrogen-bond acceptors (Lipinski definition) is 4. The average Bonchev–Trinajstić information content (AvgIpc) is 2.90. The molecular weight excluding hydrogens is 276 g/mol. The van der Waals surface area contributed by atoms with Crippen LogP contribution in [0.5, 0.6) is 0 Å². The van der Waals surface area contributed by atoms with Crippen molar-refractivity contribution in [3.63, 3.8) is 0 Å². The zero-order chi connectivity index (χ0) is 14.0. The molecule has 0 spiro atoms. The highest BCUT2D eigenvalue weighted by molar-refractivity contribution is 7.89. The first kappa shape index (κ1) is 14.0. The molecule has 3 rings (SSSR count). The third-order valence-corrected chi connectivity index (χ3v) is 5.42. The predicted molar refractivity (Wildman–Crippen MR) is 75.8 cm³/mol. The molecule has 2 aliphatic rings. The van der Waals surface area contributed by atoms with Gasteiger partial charge in [-0.05, 0) is 25.7 Å². The molecule has 0 radical (unpaired) electrons. The van der Waals surface area contributed by atoms with Crippen LogP contribution in [0.2, 0.25) is 0 Å². The molecule has 2 fully saturated rings. The van der Waals surface area contributed by atoms with E-state index in [1.54, 1.807) is 10.9 Å². The van der Waals surface area contributed by atoms with Crippen LogP contribution in [0.25, 0.3) is 0 Å². The Hall–Kier alpha value is -0.920. The molecule has 7 heteroatoms. The fraction of sp³-hybridized carbons (Fsp3) is 0.769. The first-order chi connectivity index (χ1) is 9.63. The van der Waals surface area contributed by atoms with Crippen molar-refractivity contribution < 1.29 is 8.42 Å². The third-order valence-electron chi connectivity index (χ3n) is 3.95. The van der Waals surface area contributed by atoms with Crippen LogP contribution in [-0.4, -0.2) is 36.8 Å². The Morgan fingerprint density at radius 2 is 1.95 bits per heavy atom. The number of nitrogens with zero attached hydrogens (tertiary/aromatic N) is 2. The monoisotopic (exact) mass is 298 g/mol. The maximum Gasteiger partial charge on any atom is 0.243 e. The van der Waals surface area contributed by atoms with Crippen molar-refractivity contribution in [2.24, 2.45) is 0 Å². The molecule has 0 unspecified atom stereocenters. The van der Waals surface area contributed by atoms with Crippen molar-refractivity contribution in [1.82, 2.24) is 19.8 Å². The lowest BCUT2D eigenvalue weighted by molar-refractivity contribution is 0.546. The van der Waals surface area contributed by atoms with Gasteiger partial charge in [-0.25, -0.2) is 13.1 Å². The summed E-state index contributed by atoms with van der Waals surface area (Å²) in [5.41, 5.74) is 0. The third kappa shape index (κ3) is 3.59. The largest absolute Gasteiger partial charge is 0.312 e. The van der Waals surface area contributed by atoms with Crippen LogP contribution in [-0.2, 0) is 16.6 Å². The molecule has 2 aliphatic carbocycles. The molecular formula is C13H22N4O2S. The Kier molecular flexibility index (Phi) is 4.09. The minimum Gasteiger partial charge on any atom is -0.312 e. The van der Waals surface area contributed by atoms with Gasteiger partial charge in [-0.3, -0.25) is 4.68 Å². The van der Waals surface area contributed by atoms with Crippen molar-refractivity contribution >= 4 is 10.0 Å². The fourth-order valence-electron chi connectivity index (χ4n) is 2.61. The number of rotatable bonds is 7. The number of hydrogen-bond donors (Lipinski definition) is 2. The van der Waals surface area contributed by atoms with Gasteiger partial charge in [-0.15, -0.1) is 0 Å². The van der Waals surface area contributed by atoms with Crippen LogP contribution >= 0.6 is 0 Å². The molecule has 0 aliphatic heterocycles. The van der Waals surface area contributed by atoms with Crippen molar-refractivity contribution in [2.45, 2.75) is 62.0 Å². The summed E-state index contributed by atoms with van der Waals surface area (Å²) in [6.45, 7) is 1.54. The second-order valence-corrected chi connectivity index (χ2v) is 7.48. The first-order valence-electron chi connectivity index (χ1n) is 7.42. The molecule has 0 atom stereocenters. The zero-order valence-corrected chi connectivity index (χ0v) is 12.4. The minimum absolute atomic E-state index is 0.0971. The van der Waals surface area contributed by atoms with E-state index in [9.17, 15) is 8.42 Å². The van der Waals surface area contributed by atoms with Crippen molar-refractivity contribution in [3.8, 4) is 0 Å². The highest BCUT2D eigenvalue weighted by Gasteiger charge is 2.24. The zero-order valence-electron chi connectivity index (χ0n) is 11.6. The summed E-state index contributed by atoms with van der Waals surface area (Å²) in [6, 6.07) is 0.762. The average molecular weight is 298 g/mol. The molecule has 1 heterocycles. The molecule has 2 saturated carbocycles. The van der Waals surface area contributed by atoms with Crippen LogP contribution in [0, 0.1) is 0 Å². The van der Waals surface area contributed by atoms with Gasteiger partial charge in [0.2, 0.25) is 10.0 Å². The normalized spacial score (nSPS) is 20.6. The van der Waals surface area contributed by atoms with Gasteiger partial charge in [0.1, 0.15) is 4.90 Å². The maximum absolute atomic E-state index is 12.2. The lowest BCUT2D eigenvalue weighted by Gasteiger charge is -2.10. The van der Waals surface area contributed by atoms with Gasteiger partial charge in [0.25, 0.3) is 0 Å². The second-order valence-electron chi connectivity index (χ2n) is 5.77. The summed E-state index contributed by atoms with van der Waals surface area (Å²) in [6.07, 6.45) is 9.67. The molecule has 1 aromatic heterocycles. The Balaban J connectivity index is 1.56. The lowest BCUT2D eigenvalue weighted by atomic mass is 10.3. The number of sulfonamides is 1. The molecule has 0 saturated heterocycles. The number of aromatic nitrogens is 2. The van der Waals surface area contributed by atoms with E-state index in [4.69, 9.17) is 0 Å². The van der Waals surface area contributed by atoms with Gasteiger partial charge in [0.15, 0.2) is 0 Å². The Morgan fingerprint density at radius 1 is 1.20 bits per heavy atom. The summed E-state index contributed by atoms with van der Waals surface area (Å²) < 4.78 is 28.9. The van der Waals surface area contributed by atoms with E-state index in [-0.39, 0.29) is 10.9 Å². The lowest BCUT2D eigenvalue weighted by Crippen LogP contribution is -2.32. The van der Waals surface area contributed by atoms with Crippen LogP contribution in [0.3, 0.4) is 0 Å². The Morgan fingerprint density at radius 3 is 2.65 bits per heavy atom. The molecule has 20 heavy (non-hydrogen) atoms. The van der Waals surface area contributed by atoms with Crippen molar-refractivity contribution in [2.75, 3.05) is 6.54 Å². The molecule has 6 nitrogen and oxygen atoms in total. The smallest absolute Gasteiger partial charge is 0.243 e. The molecule has 0 aromatic carbocycles. The van der Waals surface area contributed by atoms with E-state index in [1.807, 2.05) is 0 Å². The quantitative estimate of drug-likeness (QED) is 0.783. The first-order valence-corrected chi connectivity index (χ1v) is 8.90. The summed E-state index contributed by atoms with van der Waals surface area (Å²) in [5, 5.41) is 7.52. The van der Waals surface area contributed by atoms with Crippen LogP contribution in [0.15, 0.2) is 17.3 Å². The van der Waals surface area contributed by atoms with E-state index < -0.39 is 10.0 Å². The van der Waals surface area contributed by atoms with E-state index >= 15 is 0 Å². The second kappa shape index (κ2) is 5.83. The van der Waals surface area contributed by atoms with Gasteiger partial charge in [-0.1, -0.05) is 12.8 Å². The van der Waals surface area contributed by atoms with E-state index in [0.29, 0.717) is 12.6 Å². The predicted octanol–water partition coefficient (Wildman–Crippen LogP) is 0.856. The van der Waals surface area contributed by atoms with Gasteiger partial charge in [-0.2, -0.15) is 5.10 Å². The fourth-order valence-corrected chi connectivity index (χ4v) is 3.86. The number of nitrogens with one attached hydrogen (secondary N) is 2. The van der Waals surface area contributed by atoms with Crippen molar-refractivity contribution in [1.29, 1.82) is 0 Å². The van der Waals surface area contributed by atoms with Gasteiger partial charge in [0, 0.05) is 24.8 Å². The van der Waals surface area contributed by atoms with Gasteiger partial charge < -0.3 is 5.32 Å². The summed E-state index contributed by atoms with van der Waals surface area (Å²) in [7, 11) is -3.41. The Bertz CT molecular complexity index is 544. The summed E-state index contributed by atoms with van der Waals surface area (Å²) in [5.74, 6) is 0. The topological polar surface area (TPSA) is 76.0 Å².